The van der Waals surface area contributed by atoms with Gasteiger partial charge in [0.2, 0.25) is 0 Å². The van der Waals surface area contributed by atoms with Crippen LogP contribution in [0.2, 0.25) is 0 Å². The average molecular weight is 253 g/mol. The molecule has 0 bridgehead atoms. The molecule has 0 aliphatic carbocycles. The van der Waals surface area contributed by atoms with Gasteiger partial charge < -0.3 is 10.1 Å². The number of rotatable bonds is 8. The molecule has 0 radical (unpaired) electrons. The summed E-state index contributed by atoms with van der Waals surface area (Å²) in [4.78, 5) is 0. The average Bonchev–Trinajstić information content (AvgIpc) is 2.39. The molecule has 1 aromatic rings. The molecule has 1 rings (SSSR count). The van der Waals surface area contributed by atoms with Crippen LogP contribution >= 0.6 is 0 Å². The van der Waals surface area contributed by atoms with E-state index >= 15 is 0 Å². The minimum atomic E-state index is -0.212. The molecule has 1 N–H and O–H groups in total. The molecule has 0 amide bonds. The largest absolute Gasteiger partial charge is 0.494 e. The van der Waals surface area contributed by atoms with Crippen molar-refractivity contribution >= 4 is 0 Å². The highest BCUT2D eigenvalue weighted by molar-refractivity contribution is 5.31. The van der Waals surface area contributed by atoms with Crippen LogP contribution in [0.25, 0.3) is 0 Å². The van der Waals surface area contributed by atoms with E-state index in [2.05, 4.69) is 12.2 Å². The molecule has 0 aliphatic heterocycles. The second-order valence-corrected chi connectivity index (χ2v) is 4.60. The number of hydrogen-bond donors (Lipinski definition) is 1. The van der Waals surface area contributed by atoms with Crippen molar-refractivity contribution in [3.8, 4) is 5.75 Å². The second-order valence-electron chi connectivity index (χ2n) is 4.60. The van der Waals surface area contributed by atoms with Gasteiger partial charge >= 0.3 is 0 Å². The molecule has 0 heterocycles. The van der Waals surface area contributed by atoms with E-state index in [4.69, 9.17) is 4.74 Å². The number of methoxy groups -OCH3 is 1. The molecular weight excluding hydrogens is 229 g/mol. The summed E-state index contributed by atoms with van der Waals surface area (Å²) in [7, 11) is 3.49. The molecule has 0 saturated carbocycles. The van der Waals surface area contributed by atoms with Crippen molar-refractivity contribution in [3.63, 3.8) is 0 Å². The van der Waals surface area contributed by atoms with Crippen molar-refractivity contribution in [1.82, 2.24) is 5.32 Å². The van der Waals surface area contributed by atoms with E-state index in [-0.39, 0.29) is 5.82 Å². The SMILES string of the molecule is CCCC(CCCc1cccc(OC)c1F)NC. The number of ether oxygens (including phenoxy) is 1. The first kappa shape index (κ1) is 15.0. The summed E-state index contributed by atoms with van der Waals surface area (Å²) in [5.74, 6) is 0.128. The lowest BCUT2D eigenvalue weighted by Gasteiger charge is -2.15. The third kappa shape index (κ3) is 4.30. The minimum absolute atomic E-state index is 0.212. The van der Waals surface area contributed by atoms with Gasteiger partial charge in [0.15, 0.2) is 11.6 Å². The number of aryl methyl sites for hydroxylation is 1. The summed E-state index contributed by atoms with van der Waals surface area (Å²) >= 11 is 0. The number of hydrogen-bond acceptors (Lipinski definition) is 2. The van der Waals surface area contributed by atoms with E-state index in [1.807, 2.05) is 19.2 Å². The zero-order valence-electron chi connectivity index (χ0n) is 11.6. The highest BCUT2D eigenvalue weighted by Gasteiger charge is 2.09. The lowest BCUT2D eigenvalue weighted by molar-refractivity contribution is 0.383. The van der Waals surface area contributed by atoms with Crippen LogP contribution in [-0.2, 0) is 6.42 Å². The van der Waals surface area contributed by atoms with Crippen LogP contribution in [0.5, 0.6) is 5.75 Å². The van der Waals surface area contributed by atoms with E-state index < -0.39 is 0 Å². The first-order valence-corrected chi connectivity index (χ1v) is 6.71. The normalized spacial score (nSPS) is 12.4. The Morgan fingerprint density at radius 3 is 2.72 bits per heavy atom. The zero-order chi connectivity index (χ0) is 13.4. The highest BCUT2D eigenvalue weighted by atomic mass is 19.1. The fourth-order valence-electron chi connectivity index (χ4n) is 2.23. The molecule has 3 heteroatoms. The molecule has 0 aliphatic rings. The number of halogens is 1. The van der Waals surface area contributed by atoms with Crippen molar-refractivity contribution in [2.45, 2.75) is 45.1 Å². The van der Waals surface area contributed by atoms with E-state index in [1.54, 1.807) is 6.07 Å². The molecule has 1 aromatic carbocycles. The maximum atomic E-state index is 13.9. The Labute approximate surface area is 110 Å². The molecular formula is C15H24FNO. The van der Waals surface area contributed by atoms with Gasteiger partial charge in [0.25, 0.3) is 0 Å². The van der Waals surface area contributed by atoms with E-state index in [1.165, 1.54) is 20.0 Å². The molecule has 2 nitrogen and oxygen atoms in total. The molecule has 1 unspecified atom stereocenters. The van der Waals surface area contributed by atoms with Gasteiger partial charge in [0, 0.05) is 6.04 Å². The van der Waals surface area contributed by atoms with Crippen LogP contribution in [-0.4, -0.2) is 20.2 Å². The summed E-state index contributed by atoms with van der Waals surface area (Å²) in [6, 6.07) is 5.89. The van der Waals surface area contributed by atoms with Gasteiger partial charge in [-0.25, -0.2) is 4.39 Å². The van der Waals surface area contributed by atoms with Crippen molar-refractivity contribution < 1.29 is 9.13 Å². The highest BCUT2D eigenvalue weighted by Crippen LogP contribution is 2.21. The van der Waals surface area contributed by atoms with E-state index in [9.17, 15) is 4.39 Å². The molecule has 0 saturated heterocycles. The van der Waals surface area contributed by atoms with Crippen LogP contribution in [0.3, 0.4) is 0 Å². The molecule has 0 fully saturated rings. The Hall–Kier alpha value is -1.09. The lowest BCUT2D eigenvalue weighted by Crippen LogP contribution is -2.24. The van der Waals surface area contributed by atoms with Crippen molar-refractivity contribution in [1.29, 1.82) is 0 Å². The molecule has 1 atom stereocenters. The van der Waals surface area contributed by atoms with Gasteiger partial charge in [0.05, 0.1) is 7.11 Å². The van der Waals surface area contributed by atoms with Crippen LogP contribution in [0.15, 0.2) is 18.2 Å². The minimum Gasteiger partial charge on any atom is -0.494 e. The zero-order valence-corrected chi connectivity index (χ0v) is 11.6. The summed E-state index contributed by atoms with van der Waals surface area (Å²) in [6.45, 7) is 2.19. The van der Waals surface area contributed by atoms with Gasteiger partial charge in [-0.2, -0.15) is 0 Å². The lowest BCUT2D eigenvalue weighted by atomic mass is 10.0. The third-order valence-corrected chi connectivity index (χ3v) is 3.31. The number of benzene rings is 1. The van der Waals surface area contributed by atoms with E-state index in [0.717, 1.165) is 24.8 Å². The fraction of sp³-hybridized carbons (Fsp3) is 0.600. The molecule has 0 aromatic heterocycles. The van der Waals surface area contributed by atoms with Gasteiger partial charge in [-0.1, -0.05) is 25.5 Å². The predicted molar refractivity (Wildman–Crippen MR) is 73.6 cm³/mol. The van der Waals surface area contributed by atoms with Gasteiger partial charge in [-0.3, -0.25) is 0 Å². The Morgan fingerprint density at radius 1 is 1.33 bits per heavy atom. The van der Waals surface area contributed by atoms with Gasteiger partial charge in [0.1, 0.15) is 0 Å². The smallest absolute Gasteiger partial charge is 0.168 e. The maximum absolute atomic E-state index is 13.9. The Morgan fingerprint density at radius 2 is 2.11 bits per heavy atom. The third-order valence-electron chi connectivity index (χ3n) is 3.31. The van der Waals surface area contributed by atoms with Crippen LogP contribution in [0, 0.1) is 5.82 Å². The molecule has 18 heavy (non-hydrogen) atoms. The summed E-state index contributed by atoms with van der Waals surface area (Å²) in [5, 5.41) is 3.31. The Kier molecular flexibility index (Phi) is 6.73. The monoisotopic (exact) mass is 253 g/mol. The summed E-state index contributed by atoms with van der Waals surface area (Å²) in [6.07, 6.45) is 5.21. The van der Waals surface area contributed by atoms with Crippen molar-refractivity contribution in [2.75, 3.05) is 14.2 Å². The summed E-state index contributed by atoms with van der Waals surface area (Å²) in [5.41, 5.74) is 0.751. The second kappa shape index (κ2) is 8.09. The Balaban J connectivity index is 2.48. The van der Waals surface area contributed by atoms with Gasteiger partial charge in [-0.15, -0.1) is 0 Å². The Bertz CT molecular complexity index is 354. The summed E-state index contributed by atoms with van der Waals surface area (Å²) < 4.78 is 18.9. The van der Waals surface area contributed by atoms with Crippen molar-refractivity contribution in [3.05, 3.63) is 29.6 Å². The first-order chi connectivity index (χ1) is 8.72. The van der Waals surface area contributed by atoms with E-state index in [0.29, 0.717) is 11.8 Å². The molecule has 102 valence electrons. The topological polar surface area (TPSA) is 21.3 Å². The van der Waals surface area contributed by atoms with Crippen molar-refractivity contribution in [2.24, 2.45) is 0 Å². The number of nitrogens with one attached hydrogen (secondary N) is 1. The quantitative estimate of drug-likeness (QED) is 0.765. The fourth-order valence-corrected chi connectivity index (χ4v) is 2.23. The standard InChI is InChI=1S/C15H24FNO/c1-4-7-13(17-2)10-5-8-12-9-6-11-14(18-3)15(12)16/h6,9,11,13,17H,4-5,7-8,10H2,1-3H3. The predicted octanol–water partition coefficient (Wildman–Crippen LogP) is 3.55. The first-order valence-electron chi connectivity index (χ1n) is 6.71. The maximum Gasteiger partial charge on any atom is 0.168 e. The van der Waals surface area contributed by atoms with Crippen LogP contribution in [0.1, 0.15) is 38.2 Å². The van der Waals surface area contributed by atoms with Gasteiger partial charge in [-0.05, 0) is 44.4 Å². The molecule has 0 spiro atoms. The van der Waals surface area contributed by atoms with Crippen LogP contribution in [0.4, 0.5) is 4.39 Å². The van der Waals surface area contributed by atoms with Crippen LogP contribution < -0.4 is 10.1 Å².